The molecular weight excluding hydrogens is 398 g/mol. The van der Waals surface area contributed by atoms with E-state index in [-0.39, 0.29) is 15.0 Å². The van der Waals surface area contributed by atoms with Crippen LogP contribution in [0.1, 0.15) is 0 Å². The van der Waals surface area contributed by atoms with Gasteiger partial charge in [-0.15, -0.1) is 0 Å². The second kappa shape index (κ2) is 8.73. The van der Waals surface area contributed by atoms with Crippen molar-refractivity contribution in [1.82, 2.24) is 0 Å². The predicted octanol–water partition coefficient (Wildman–Crippen LogP) is 4.84. The van der Waals surface area contributed by atoms with Crippen molar-refractivity contribution in [3.8, 4) is 11.5 Å². The van der Waals surface area contributed by atoms with E-state index in [0.29, 0.717) is 11.5 Å². The van der Waals surface area contributed by atoms with Crippen LogP contribution >= 0.6 is 7.60 Å². The summed E-state index contributed by atoms with van der Waals surface area (Å²) in [6, 6.07) is 28.2. The zero-order valence-electron chi connectivity index (χ0n) is 13.4. The van der Waals surface area contributed by atoms with Crippen LogP contribution in [-0.4, -0.2) is 15.0 Å². The van der Waals surface area contributed by atoms with Crippen molar-refractivity contribution in [3.63, 3.8) is 0 Å². The van der Waals surface area contributed by atoms with Gasteiger partial charge in [0, 0.05) is 0 Å². The first-order valence-electron chi connectivity index (χ1n) is 7.72. The van der Waals surface area contributed by atoms with Crippen molar-refractivity contribution < 1.29 is 13.6 Å². The van der Waals surface area contributed by atoms with Crippen LogP contribution in [0.2, 0.25) is 0 Å². The molecule has 0 unspecified atom stereocenters. The van der Waals surface area contributed by atoms with Crippen LogP contribution in [0.5, 0.6) is 11.5 Å². The molecule has 0 amide bonds. The molecule has 0 heterocycles. The van der Waals surface area contributed by atoms with Gasteiger partial charge in [0.05, 0.1) is 0 Å². The summed E-state index contributed by atoms with van der Waals surface area (Å²) in [5.41, 5.74) is 0. The molecule has 0 aliphatic heterocycles. The number of benzene rings is 3. The molecule has 3 nitrogen and oxygen atoms in total. The standard InChI is InChI=1S/C20H17O3PSe/c21-24(22-18-10-4-1-5-11-18,23-19-12-6-2-7-13-19)16-17-25-20-14-8-3-9-15-20/h1-17H/b17-16-. The van der Waals surface area contributed by atoms with Gasteiger partial charge in [-0.3, -0.25) is 0 Å². The van der Waals surface area contributed by atoms with E-state index in [2.05, 4.69) is 0 Å². The molecule has 3 rings (SSSR count). The Morgan fingerprint density at radius 2 is 1.12 bits per heavy atom. The van der Waals surface area contributed by atoms with Crippen LogP contribution in [0.15, 0.2) is 102 Å². The van der Waals surface area contributed by atoms with Gasteiger partial charge in [-0.05, 0) is 0 Å². The van der Waals surface area contributed by atoms with Crippen molar-refractivity contribution in [1.29, 1.82) is 0 Å². The molecule has 0 atom stereocenters. The fourth-order valence-electron chi connectivity index (χ4n) is 2.02. The van der Waals surface area contributed by atoms with Gasteiger partial charge in [0.2, 0.25) is 0 Å². The number of hydrogen-bond donors (Lipinski definition) is 0. The Kier molecular flexibility index (Phi) is 6.14. The maximum atomic E-state index is 13.2. The number of hydrogen-bond acceptors (Lipinski definition) is 3. The maximum absolute atomic E-state index is 13.2. The molecule has 3 aromatic rings. The van der Waals surface area contributed by atoms with Gasteiger partial charge in [0.15, 0.2) is 0 Å². The molecule has 0 aromatic heterocycles. The van der Waals surface area contributed by atoms with Gasteiger partial charge in [-0.1, -0.05) is 0 Å². The first-order chi connectivity index (χ1) is 12.2. The average molecular weight is 415 g/mol. The summed E-state index contributed by atoms with van der Waals surface area (Å²) in [6.07, 6.45) is 0. The second-order valence-corrected chi connectivity index (χ2v) is 8.86. The molecule has 126 valence electrons. The van der Waals surface area contributed by atoms with E-state index in [9.17, 15) is 4.57 Å². The molecular formula is C20H17O3PSe. The quantitative estimate of drug-likeness (QED) is 0.409. The Morgan fingerprint density at radius 1 is 0.680 bits per heavy atom. The van der Waals surface area contributed by atoms with Gasteiger partial charge >= 0.3 is 154 Å². The molecule has 0 saturated carbocycles. The zero-order valence-corrected chi connectivity index (χ0v) is 16.0. The average Bonchev–Trinajstić information content (AvgIpc) is 2.64. The Hall–Kier alpha value is -2.25. The van der Waals surface area contributed by atoms with Gasteiger partial charge in [0.25, 0.3) is 0 Å². The van der Waals surface area contributed by atoms with Gasteiger partial charge in [0.1, 0.15) is 0 Å². The molecule has 0 saturated heterocycles. The minimum atomic E-state index is -3.47. The molecule has 0 fully saturated rings. The Morgan fingerprint density at radius 3 is 1.60 bits per heavy atom. The van der Waals surface area contributed by atoms with Gasteiger partial charge < -0.3 is 0 Å². The third-order valence-corrected chi connectivity index (χ3v) is 6.75. The van der Waals surface area contributed by atoms with Crippen LogP contribution in [0.25, 0.3) is 0 Å². The second-order valence-electron chi connectivity index (χ2n) is 5.06. The fraction of sp³-hybridized carbons (Fsp3) is 0. The summed E-state index contributed by atoms with van der Waals surface area (Å²) in [6.45, 7) is 0. The van der Waals surface area contributed by atoms with Gasteiger partial charge in [-0.2, -0.15) is 0 Å². The summed E-state index contributed by atoms with van der Waals surface area (Å²) < 4.78 is 25.8. The summed E-state index contributed by atoms with van der Waals surface area (Å²) in [5.74, 6) is 2.58. The van der Waals surface area contributed by atoms with E-state index in [4.69, 9.17) is 9.05 Å². The predicted molar refractivity (Wildman–Crippen MR) is 103 cm³/mol. The van der Waals surface area contributed by atoms with Gasteiger partial charge in [-0.25, -0.2) is 0 Å². The molecule has 0 spiro atoms. The summed E-state index contributed by atoms with van der Waals surface area (Å²) in [7, 11) is -3.47. The van der Waals surface area contributed by atoms with Crippen molar-refractivity contribution in [3.05, 3.63) is 102 Å². The van der Waals surface area contributed by atoms with E-state index >= 15 is 0 Å². The zero-order chi connectivity index (χ0) is 17.4. The summed E-state index contributed by atoms with van der Waals surface area (Å²) in [5, 5.41) is 0. The molecule has 0 aliphatic rings. The summed E-state index contributed by atoms with van der Waals surface area (Å²) >= 11 is 0.0526. The molecule has 25 heavy (non-hydrogen) atoms. The third-order valence-electron chi connectivity index (χ3n) is 3.14. The van der Waals surface area contributed by atoms with E-state index in [1.165, 1.54) is 4.46 Å². The Balaban J connectivity index is 1.79. The molecule has 0 radical (unpaired) electrons. The third kappa shape index (κ3) is 5.65. The molecule has 0 N–H and O–H groups in total. The van der Waals surface area contributed by atoms with Crippen molar-refractivity contribution >= 4 is 27.0 Å². The first kappa shape index (κ1) is 17.6. The van der Waals surface area contributed by atoms with E-state index in [1.807, 2.05) is 71.7 Å². The normalized spacial score (nSPS) is 11.4. The number of rotatable bonds is 7. The van der Waals surface area contributed by atoms with E-state index < -0.39 is 7.60 Å². The van der Waals surface area contributed by atoms with Crippen molar-refractivity contribution in [2.45, 2.75) is 0 Å². The van der Waals surface area contributed by atoms with Crippen LogP contribution in [0, 0.1) is 0 Å². The van der Waals surface area contributed by atoms with Crippen LogP contribution < -0.4 is 13.5 Å². The molecule has 3 aromatic carbocycles. The fourth-order valence-corrected chi connectivity index (χ4v) is 5.53. The molecule has 0 aliphatic carbocycles. The van der Waals surface area contributed by atoms with Crippen molar-refractivity contribution in [2.24, 2.45) is 0 Å². The number of para-hydroxylation sites is 2. The SMILES string of the molecule is O=P(/C=C\[Se]c1ccccc1)(Oc1ccccc1)Oc1ccccc1. The Bertz CT molecular complexity index is 806. The van der Waals surface area contributed by atoms with Crippen LogP contribution in [-0.2, 0) is 4.57 Å². The van der Waals surface area contributed by atoms with Crippen molar-refractivity contribution in [2.75, 3.05) is 0 Å². The summed E-state index contributed by atoms with van der Waals surface area (Å²) in [4.78, 5) is 1.88. The first-order valence-corrected chi connectivity index (χ1v) is 11.2. The van der Waals surface area contributed by atoms with Crippen LogP contribution in [0.4, 0.5) is 0 Å². The topological polar surface area (TPSA) is 35.5 Å². The monoisotopic (exact) mass is 416 g/mol. The molecule has 0 bridgehead atoms. The Labute approximate surface area is 154 Å². The minimum absolute atomic E-state index is 0.0526. The molecule has 5 heteroatoms. The van der Waals surface area contributed by atoms with Crippen LogP contribution in [0.3, 0.4) is 0 Å². The van der Waals surface area contributed by atoms with E-state index in [0.717, 1.165) is 0 Å². The van der Waals surface area contributed by atoms with E-state index in [1.54, 1.807) is 30.1 Å².